The number of hydrogen-bond acceptors (Lipinski definition) is 4. The Labute approximate surface area is 166 Å². The van der Waals surface area contributed by atoms with Crippen LogP contribution in [0, 0.1) is 33.5 Å². The highest BCUT2D eigenvalue weighted by Crippen LogP contribution is 2.56. The number of carboxylic acids is 2. The molecule has 0 radical (unpaired) electrons. The first-order valence-electron chi connectivity index (χ1n) is 9.52. The van der Waals surface area contributed by atoms with Gasteiger partial charge in [0.25, 0.3) is 0 Å². The summed E-state index contributed by atoms with van der Waals surface area (Å²) in [5.41, 5.74) is 8.15. The van der Waals surface area contributed by atoms with Gasteiger partial charge >= 0.3 is 11.9 Å². The summed E-state index contributed by atoms with van der Waals surface area (Å²) in [6, 6.07) is 0. The average Bonchev–Trinajstić information content (AvgIpc) is 2.92. The van der Waals surface area contributed by atoms with E-state index in [4.69, 9.17) is 21.7 Å². The number of rotatable bonds is 4. The van der Waals surface area contributed by atoms with E-state index in [-0.39, 0.29) is 0 Å². The van der Waals surface area contributed by atoms with Crippen LogP contribution in [-0.4, -0.2) is 34.0 Å². The maximum Gasteiger partial charge on any atom is 0.307 e. The molecular weight excluding hydrogens is 364 g/mol. The summed E-state index contributed by atoms with van der Waals surface area (Å²) in [6.07, 6.45) is 2.18. The lowest BCUT2D eigenvalue weighted by Gasteiger charge is -2.37. The zero-order valence-electron chi connectivity index (χ0n) is 17.7. The second-order valence-corrected chi connectivity index (χ2v) is 9.70. The average molecular weight is 399 g/mol. The van der Waals surface area contributed by atoms with Crippen LogP contribution in [0.15, 0.2) is 0 Å². The molecule has 0 aromatic heterocycles. The van der Waals surface area contributed by atoms with Crippen molar-refractivity contribution in [3.8, 4) is 0 Å². The molecule has 0 bridgehead atoms. The van der Waals surface area contributed by atoms with Crippen LogP contribution >= 0.6 is 0 Å². The molecule has 160 valence electrons. The van der Waals surface area contributed by atoms with Gasteiger partial charge in [0, 0.05) is 0 Å². The Morgan fingerprint density at radius 2 is 0.929 bits per heavy atom. The van der Waals surface area contributed by atoms with Crippen molar-refractivity contribution in [2.75, 3.05) is 0 Å². The summed E-state index contributed by atoms with van der Waals surface area (Å²) >= 11 is 0. The summed E-state index contributed by atoms with van der Waals surface area (Å²) in [7, 11) is 0. The van der Waals surface area contributed by atoms with Crippen LogP contribution in [-0.2, 0) is 19.2 Å². The number of carboxylic acid groups (broad SMARTS) is 2. The Bertz CT molecular complexity index is 628. The summed E-state index contributed by atoms with van der Waals surface area (Å²) in [5.74, 6) is -3.41. The lowest BCUT2D eigenvalue weighted by Crippen LogP contribution is -2.45. The smallest absolute Gasteiger partial charge is 0.307 e. The number of hydrogen-bond donors (Lipinski definition) is 4. The molecule has 0 unspecified atom stereocenters. The fraction of sp³-hybridized carbons (Fsp3) is 0.800. The molecule has 0 spiro atoms. The number of aliphatic carboxylic acids is 2. The van der Waals surface area contributed by atoms with Crippen LogP contribution in [0.1, 0.15) is 67.2 Å². The van der Waals surface area contributed by atoms with Gasteiger partial charge in [-0.25, -0.2) is 0 Å². The number of carbonyl (C=O) groups is 4. The molecule has 2 saturated carbocycles. The van der Waals surface area contributed by atoms with Crippen LogP contribution in [0.4, 0.5) is 0 Å². The van der Waals surface area contributed by atoms with Crippen LogP contribution in [0.2, 0.25) is 0 Å². The van der Waals surface area contributed by atoms with Crippen molar-refractivity contribution in [2.45, 2.75) is 67.2 Å². The SMILES string of the molecule is CC1(C)[C@@H](C(=O)O)CC[C@@]1(C)C(N)=O.CC1(C)[C@@H](C(=O)O)CC[C@@]1(C)C(N)=O. The highest BCUT2D eigenvalue weighted by atomic mass is 16.4. The fourth-order valence-electron chi connectivity index (χ4n) is 4.75. The minimum atomic E-state index is -0.833. The highest BCUT2D eigenvalue weighted by molar-refractivity contribution is 5.85. The molecule has 0 saturated heterocycles. The van der Waals surface area contributed by atoms with Crippen molar-refractivity contribution in [1.29, 1.82) is 0 Å². The number of carbonyl (C=O) groups excluding carboxylic acids is 2. The Kier molecular flexibility index (Phi) is 6.29. The minimum absolute atomic E-state index is 0.397. The molecule has 2 amide bonds. The van der Waals surface area contributed by atoms with Crippen molar-refractivity contribution in [1.82, 2.24) is 0 Å². The third kappa shape index (κ3) is 3.49. The van der Waals surface area contributed by atoms with Gasteiger partial charge in [-0.2, -0.15) is 0 Å². The molecule has 2 rings (SSSR count). The van der Waals surface area contributed by atoms with E-state index < -0.39 is 57.2 Å². The van der Waals surface area contributed by atoms with Crippen LogP contribution < -0.4 is 11.5 Å². The quantitative estimate of drug-likeness (QED) is 0.566. The minimum Gasteiger partial charge on any atom is -0.481 e. The summed E-state index contributed by atoms with van der Waals surface area (Å²) in [6.45, 7) is 10.8. The van der Waals surface area contributed by atoms with Crippen LogP contribution in [0.5, 0.6) is 0 Å². The number of primary amides is 2. The Balaban J connectivity index is 0.000000280. The topological polar surface area (TPSA) is 161 Å². The molecule has 2 fully saturated rings. The predicted octanol–water partition coefficient (Wildman–Crippen LogP) is 2.00. The lowest BCUT2D eigenvalue weighted by molar-refractivity contribution is -0.149. The molecule has 4 atom stereocenters. The standard InChI is InChI=1S/2C10H17NO3/c2*1-9(2)6(7(12)13)4-5-10(9,3)8(11)14/h2*6H,4-5H2,1-3H3,(H2,11,14)(H,12,13)/t2*6-,10+/m11/s1. The first kappa shape index (κ1) is 23.9. The van der Waals surface area contributed by atoms with E-state index in [1.807, 2.05) is 27.7 Å². The largest absolute Gasteiger partial charge is 0.481 e. The van der Waals surface area contributed by atoms with Gasteiger partial charge in [-0.15, -0.1) is 0 Å². The van der Waals surface area contributed by atoms with Crippen LogP contribution in [0.25, 0.3) is 0 Å². The summed E-state index contributed by atoms with van der Waals surface area (Å²) < 4.78 is 0. The van der Waals surface area contributed by atoms with E-state index in [1.165, 1.54) is 0 Å². The molecule has 28 heavy (non-hydrogen) atoms. The van der Waals surface area contributed by atoms with Gasteiger partial charge in [-0.3, -0.25) is 19.2 Å². The van der Waals surface area contributed by atoms with E-state index in [1.54, 1.807) is 13.8 Å². The molecule has 8 heteroatoms. The zero-order valence-corrected chi connectivity index (χ0v) is 17.7. The second kappa shape index (κ2) is 7.37. The van der Waals surface area contributed by atoms with Gasteiger partial charge < -0.3 is 21.7 Å². The molecule has 8 nitrogen and oxygen atoms in total. The summed E-state index contributed by atoms with van der Waals surface area (Å²) in [5, 5.41) is 18.0. The molecule has 2 aliphatic carbocycles. The third-order valence-corrected chi connectivity index (χ3v) is 8.14. The lowest BCUT2D eigenvalue weighted by atomic mass is 9.65. The van der Waals surface area contributed by atoms with Crippen molar-refractivity contribution in [3.63, 3.8) is 0 Å². The highest BCUT2D eigenvalue weighted by Gasteiger charge is 2.58. The fourth-order valence-corrected chi connectivity index (χ4v) is 4.75. The Morgan fingerprint density at radius 3 is 1.04 bits per heavy atom. The van der Waals surface area contributed by atoms with E-state index in [0.717, 1.165) is 0 Å². The van der Waals surface area contributed by atoms with Gasteiger partial charge in [-0.1, -0.05) is 41.5 Å². The molecular formula is C20H34N2O6. The zero-order chi connectivity index (χ0) is 22.3. The van der Waals surface area contributed by atoms with E-state index in [0.29, 0.717) is 25.7 Å². The third-order valence-electron chi connectivity index (χ3n) is 8.14. The second-order valence-electron chi connectivity index (χ2n) is 9.70. The van der Waals surface area contributed by atoms with Crippen molar-refractivity contribution < 1.29 is 29.4 Å². The maximum absolute atomic E-state index is 11.3. The first-order chi connectivity index (χ1) is 12.5. The Hall–Kier alpha value is -2.12. The van der Waals surface area contributed by atoms with Gasteiger partial charge in [-0.05, 0) is 36.5 Å². The Morgan fingerprint density at radius 1 is 0.679 bits per heavy atom. The number of nitrogens with two attached hydrogens (primary N) is 2. The normalized spacial score (nSPS) is 35.5. The molecule has 0 aliphatic heterocycles. The van der Waals surface area contributed by atoms with Crippen LogP contribution in [0.3, 0.4) is 0 Å². The van der Waals surface area contributed by atoms with E-state index >= 15 is 0 Å². The first-order valence-corrected chi connectivity index (χ1v) is 9.52. The van der Waals surface area contributed by atoms with E-state index in [2.05, 4.69) is 0 Å². The van der Waals surface area contributed by atoms with Crippen molar-refractivity contribution in [2.24, 2.45) is 45.0 Å². The summed E-state index contributed by atoms with van der Waals surface area (Å²) in [4.78, 5) is 44.6. The molecule has 0 aromatic carbocycles. The number of amides is 2. The predicted molar refractivity (Wildman–Crippen MR) is 103 cm³/mol. The molecule has 6 N–H and O–H groups in total. The van der Waals surface area contributed by atoms with E-state index in [9.17, 15) is 19.2 Å². The molecule has 0 aromatic rings. The van der Waals surface area contributed by atoms with Crippen molar-refractivity contribution >= 4 is 23.8 Å². The molecule has 2 aliphatic rings. The van der Waals surface area contributed by atoms with Gasteiger partial charge in [0.1, 0.15) is 0 Å². The molecule has 0 heterocycles. The van der Waals surface area contributed by atoms with Gasteiger partial charge in [0.15, 0.2) is 0 Å². The van der Waals surface area contributed by atoms with Gasteiger partial charge in [0.2, 0.25) is 11.8 Å². The van der Waals surface area contributed by atoms with Crippen molar-refractivity contribution in [3.05, 3.63) is 0 Å². The monoisotopic (exact) mass is 398 g/mol. The maximum atomic E-state index is 11.3. The van der Waals surface area contributed by atoms with Gasteiger partial charge in [0.05, 0.1) is 22.7 Å².